The standard InChI is InChI=1S/C37H36Cl2N2O5/c1-21(42)46-31-14-29-33(27-10-5-3-8-25(27)31)23(16-39)18-41(29)35(45)37-12-6-11-36(19-37,20-37)34(44)40-17-22(15-38)32-26-9-4-2-7-24(26)30(43)13-28(32)40/h2-5,7,9-10,13-14,22-23,25,43H,6,8,11-12,15-20H2,1H3/t22-,23-,25?,36?,37?/m1/s1. The van der Waals surface area contributed by atoms with Gasteiger partial charge in [-0.05, 0) is 54.2 Å². The van der Waals surface area contributed by atoms with E-state index in [1.165, 1.54) is 6.92 Å². The number of nitrogens with zero attached hydrogens (tertiary/aromatic N) is 2. The number of phenols is 1. The third-order valence-electron chi connectivity index (χ3n) is 11.3. The number of ether oxygens (including phenoxy) is 1. The number of halogens is 2. The van der Waals surface area contributed by atoms with Crippen molar-refractivity contribution >= 4 is 57.4 Å². The van der Waals surface area contributed by atoms with Gasteiger partial charge >= 0.3 is 5.97 Å². The average molecular weight is 660 g/mol. The minimum atomic E-state index is -0.639. The quantitative estimate of drug-likeness (QED) is 0.274. The monoisotopic (exact) mass is 658 g/mol. The number of aromatic hydroxyl groups is 1. The predicted molar refractivity (Wildman–Crippen MR) is 178 cm³/mol. The number of esters is 1. The summed E-state index contributed by atoms with van der Waals surface area (Å²) in [5.74, 6) is 0.968. The lowest BCUT2D eigenvalue weighted by atomic mass is 9.44. The Balaban J connectivity index is 1.11. The van der Waals surface area contributed by atoms with E-state index in [-0.39, 0.29) is 41.3 Å². The second-order valence-electron chi connectivity index (χ2n) is 14.0. The molecule has 9 rings (SSSR count). The van der Waals surface area contributed by atoms with E-state index < -0.39 is 10.8 Å². The Kier molecular flexibility index (Phi) is 6.97. The number of carbonyl (C=O) groups excluding carboxylic acids is 3. The van der Waals surface area contributed by atoms with Gasteiger partial charge in [0.15, 0.2) is 0 Å². The number of carbonyl (C=O) groups is 3. The molecule has 46 heavy (non-hydrogen) atoms. The zero-order valence-corrected chi connectivity index (χ0v) is 27.2. The van der Waals surface area contributed by atoms with E-state index in [0.717, 1.165) is 64.5 Å². The van der Waals surface area contributed by atoms with Crippen molar-refractivity contribution in [3.63, 3.8) is 0 Å². The molecule has 2 amide bonds. The zero-order chi connectivity index (χ0) is 32.0. The Bertz CT molecular complexity index is 1830. The van der Waals surface area contributed by atoms with Gasteiger partial charge in [0.1, 0.15) is 11.5 Å². The molecule has 2 aromatic carbocycles. The molecule has 2 bridgehead atoms. The van der Waals surface area contributed by atoms with Gasteiger partial charge in [0.2, 0.25) is 11.8 Å². The molecule has 1 N–H and O–H groups in total. The summed E-state index contributed by atoms with van der Waals surface area (Å²) < 4.78 is 5.70. The van der Waals surface area contributed by atoms with Gasteiger partial charge in [0, 0.05) is 67.1 Å². The number of phenolic OH excluding ortho intramolecular Hbond substituents is 1. The van der Waals surface area contributed by atoms with E-state index in [0.29, 0.717) is 43.5 Å². The van der Waals surface area contributed by atoms with Crippen LogP contribution in [0.4, 0.5) is 5.69 Å². The summed E-state index contributed by atoms with van der Waals surface area (Å²) in [6.45, 7) is 2.33. The molecule has 0 saturated heterocycles. The van der Waals surface area contributed by atoms with Crippen LogP contribution < -0.4 is 4.90 Å². The molecule has 2 aliphatic heterocycles. The van der Waals surface area contributed by atoms with E-state index in [4.69, 9.17) is 27.9 Å². The molecule has 7 aliphatic rings. The van der Waals surface area contributed by atoms with E-state index in [1.54, 1.807) is 6.07 Å². The van der Waals surface area contributed by atoms with Crippen LogP contribution in [0.5, 0.6) is 5.75 Å². The number of hydrogen-bond donors (Lipinski definition) is 1. The third kappa shape index (κ3) is 4.20. The van der Waals surface area contributed by atoms with Crippen LogP contribution in [0.1, 0.15) is 56.9 Å². The summed E-state index contributed by atoms with van der Waals surface area (Å²) in [4.78, 5) is 44.9. The zero-order valence-electron chi connectivity index (χ0n) is 25.7. The molecule has 2 heterocycles. The molecule has 0 aromatic heterocycles. The minimum Gasteiger partial charge on any atom is -0.507 e. The van der Waals surface area contributed by atoms with Gasteiger partial charge in [-0.2, -0.15) is 0 Å². The van der Waals surface area contributed by atoms with Crippen molar-refractivity contribution in [1.82, 2.24) is 4.90 Å². The minimum absolute atomic E-state index is 0.0239. The van der Waals surface area contributed by atoms with Crippen molar-refractivity contribution < 1.29 is 24.2 Å². The summed E-state index contributed by atoms with van der Waals surface area (Å²) in [6.07, 6.45) is 12.0. The summed E-state index contributed by atoms with van der Waals surface area (Å²) in [5.41, 5.74) is 3.36. The van der Waals surface area contributed by atoms with Crippen LogP contribution in [0.25, 0.3) is 10.8 Å². The molecule has 2 aromatic rings. The van der Waals surface area contributed by atoms with Gasteiger partial charge in [-0.3, -0.25) is 14.4 Å². The van der Waals surface area contributed by atoms with Crippen LogP contribution >= 0.6 is 23.2 Å². The smallest absolute Gasteiger partial charge is 0.307 e. The largest absolute Gasteiger partial charge is 0.507 e. The Morgan fingerprint density at radius 3 is 2.35 bits per heavy atom. The Hall–Kier alpha value is -3.55. The summed E-state index contributed by atoms with van der Waals surface area (Å²) in [6, 6.07) is 9.41. The lowest BCUT2D eigenvalue weighted by molar-refractivity contribution is -0.173. The Labute approximate surface area is 278 Å². The Morgan fingerprint density at radius 1 is 0.978 bits per heavy atom. The SMILES string of the molecule is CC(=O)OC1=CC2=C(C3=CC=CCC13)[C@H](CCl)CN2C(=O)C12CCCC(C(=O)N3C[C@@H](CCl)c4c3cc(O)c3ccccc43)(C1)C2. The molecule has 0 radical (unpaired) electrons. The average Bonchev–Trinajstić information content (AvgIpc) is 3.62. The number of rotatable bonds is 5. The summed E-state index contributed by atoms with van der Waals surface area (Å²) >= 11 is 13.0. The maximum atomic E-state index is 14.6. The molecule has 3 atom stereocenters. The highest BCUT2D eigenvalue weighted by Crippen LogP contribution is 2.66. The first kappa shape index (κ1) is 29.8. The summed E-state index contributed by atoms with van der Waals surface area (Å²) in [7, 11) is 0. The van der Waals surface area contributed by atoms with Crippen LogP contribution in [-0.2, 0) is 19.1 Å². The number of anilines is 1. The second-order valence-corrected chi connectivity index (χ2v) is 14.6. The molecule has 7 nitrogen and oxygen atoms in total. The molecular formula is C37H36Cl2N2O5. The van der Waals surface area contributed by atoms with Gasteiger partial charge in [-0.25, -0.2) is 0 Å². The number of allylic oxidation sites excluding steroid dienone is 5. The maximum absolute atomic E-state index is 14.6. The topological polar surface area (TPSA) is 87.2 Å². The van der Waals surface area contributed by atoms with Crippen molar-refractivity contribution in [3.05, 3.63) is 82.8 Å². The van der Waals surface area contributed by atoms with Crippen LogP contribution in [0.15, 0.2) is 77.2 Å². The van der Waals surface area contributed by atoms with Crippen LogP contribution in [-0.4, -0.2) is 52.6 Å². The van der Waals surface area contributed by atoms with Gasteiger partial charge in [-0.15, -0.1) is 23.2 Å². The number of benzene rings is 2. The second kappa shape index (κ2) is 10.7. The first-order valence-corrected chi connectivity index (χ1v) is 17.3. The van der Waals surface area contributed by atoms with E-state index in [9.17, 15) is 19.5 Å². The van der Waals surface area contributed by atoms with Gasteiger partial charge in [0.25, 0.3) is 0 Å². The highest BCUT2D eigenvalue weighted by Gasteiger charge is 2.66. The fourth-order valence-corrected chi connectivity index (χ4v) is 10.0. The highest BCUT2D eigenvalue weighted by atomic mass is 35.5. The normalized spacial score (nSPS) is 30.7. The highest BCUT2D eigenvalue weighted by molar-refractivity contribution is 6.19. The van der Waals surface area contributed by atoms with Crippen LogP contribution in [0, 0.1) is 22.7 Å². The molecule has 3 saturated carbocycles. The van der Waals surface area contributed by atoms with Crippen molar-refractivity contribution in [2.75, 3.05) is 29.7 Å². The van der Waals surface area contributed by atoms with Crippen molar-refractivity contribution in [1.29, 1.82) is 0 Å². The predicted octanol–water partition coefficient (Wildman–Crippen LogP) is 7.08. The van der Waals surface area contributed by atoms with Crippen molar-refractivity contribution in [2.45, 2.75) is 51.4 Å². The fourth-order valence-electron chi connectivity index (χ4n) is 9.50. The Morgan fingerprint density at radius 2 is 1.65 bits per heavy atom. The number of fused-ring (bicyclic) bond motifs is 7. The van der Waals surface area contributed by atoms with Gasteiger partial charge in [-0.1, -0.05) is 48.9 Å². The third-order valence-corrected chi connectivity index (χ3v) is 12.1. The molecule has 9 heteroatoms. The van der Waals surface area contributed by atoms with Gasteiger partial charge in [0.05, 0.1) is 22.2 Å². The molecule has 3 fully saturated rings. The number of hydrogen-bond acceptors (Lipinski definition) is 5. The van der Waals surface area contributed by atoms with E-state index in [1.807, 2.05) is 46.2 Å². The summed E-state index contributed by atoms with van der Waals surface area (Å²) in [5, 5.41) is 12.6. The fraction of sp³-hybridized carbons (Fsp3) is 0.432. The van der Waals surface area contributed by atoms with Crippen LogP contribution in [0.2, 0.25) is 0 Å². The number of amides is 2. The molecule has 1 unspecified atom stereocenters. The van der Waals surface area contributed by atoms with Gasteiger partial charge < -0.3 is 19.6 Å². The first-order chi connectivity index (χ1) is 22.2. The molecular weight excluding hydrogens is 623 g/mol. The maximum Gasteiger partial charge on any atom is 0.307 e. The molecule has 0 spiro atoms. The van der Waals surface area contributed by atoms with Crippen molar-refractivity contribution in [2.24, 2.45) is 22.7 Å². The molecule has 5 aliphatic carbocycles. The molecule has 238 valence electrons. The van der Waals surface area contributed by atoms with E-state index >= 15 is 0 Å². The lowest BCUT2D eigenvalue weighted by Crippen LogP contribution is -2.63. The number of alkyl halides is 2. The van der Waals surface area contributed by atoms with E-state index in [2.05, 4.69) is 12.2 Å². The van der Waals surface area contributed by atoms with Crippen molar-refractivity contribution in [3.8, 4) is 5.75 Å². The first-order valence-electron chi connectivity index (χ1n) is 16.2. The lowest BCUT2D eigenvalue weighted by Gasteiger charge is -2.60. The van der Waals surface area contributed by atoms with Crippen LogP contribution in [0.3, 0.4) is 0 Å².